The second-order valence-electron chi connectivity index (χ2n) is 5.31. The Kier molecular flexibility index (Phi) is 4.86. The van der Waals surface area contributed by atoms with E-state index in [0.717, 1.165) is 50.7 Å². The number of hydrogen-bond acceptors (Lipinski definition) is 1. The Labute approximate surface area is 111 Å². The second-order valence-corrected chi connectivity index (χ2v) is 5.31. The lowest BCUT2D eigenvalue weighted by atomic mass is 9.84. The van der Waals surface area contributed by atoms with Gasteiger partial charge >= 0.3 is 0 Å². The van der Waals surface area contributed by atoms with Crippen LogP contribution >= 0.6 is 0 Å². The van der Waals surface area contributed by atoms with E-state index in [-0.39, 0.29) is 11.5 Å². The van der Waals surface area contributed by atoms with E-state index >= 15 is 0 Å². The molecule has 1 aromatic carbocycles. The van der Waals surface area contributed by atoms with Gasteiger partial charge in [-0.05, 0) is 24.8 Å². The molecule has 106 valence electrons. The zero-order valence-corrected chi connectivity index (χ0v) is 10.8. The minimum atomic E-state index is -1.50. The predicted molar refractivity (Wildman–Crippen MR) is 67.1 cm³/mol. The second kappa shape index (κ2) is 6.42. The van der Waals surface area contributed by atoms with Crippen molar-refractivity contribution in [2.45, 2.75) is 51.0 Å². The van der Waals surface area contributed by atoms with Gasteiger partial charge in [0.1, 0.15) is 0 Å². The molecule has 1 unspecified atom stereocenters. The molecular formula is C15H19F3O. The van der Waals surface area contributed by atoms with E-state index in [1.54, 1.807) is 0 Å². The van der Waals surface area contributed by atoms with E-state index < -0.39 is 23.6 Å². The zero-order valence-electron chi connectivity index (χ0n) is 10.8. The molecule has 19 heavy (non-hydrogen) atoms. The maximum absolute atomic E-state index is 13.7. The van der Waals surface area contributed by atoms with Crippen LogP contribution in [0.25, 0.3) is 0 Å². The third-order valence-corrected chi connectivity index (χ3v) is 3.98. The first-order valence-corrected chi connectivity index (χ1v) is 6.92. The third kappa shape index (κ3) is 3.30. The summed E-state index contributed by atoms with van der Waals surface area (Å²) in [6.45, 7) is 0. The fraction of sp³-hybridized carbons (Fsp3) is 0.600. The molecule has 1 atom stereocenters. The molecule has 0 amide bonds. The number of aliphatic hydroxyl groups is 1. The smallest absolute Gasteiger partial charge is 0.194 e. The monoisotopic (exact) mass is 272 g/mol. The summed E-state index contributed by atoms with van der Waals surface area (Å²) in [7, 11) is 0. The summed E-state index contributed by atoms with van der Waals surface area (Å²) in [5.41, 5.74) is -0.121. The molecule has 0 aliphatic heterocycles. The fourth-order valence-corrected chi connectivity index (χ4v) is 2.83. The van der Waals surface area contributed by atoms with Crippen molar-refractivity contribution in [3.05, 3.63) is 35.1 Å². The lowest BCUT2D eigenvalue weighted by Crippen LogP contribution is -2.16. The van der Waals surface area contributed by atoms with Crippen LogP contribution in [0, 0.1) is 23.4 Å². The molecule has 1 fully saturated rings. The van der Waals surface area contributed by atoms with Gasteiger partial charge in [0, 0.05) is 5.56 Å². The molecule has 1 nitrogen and oxygen atoms in total. The van der Waals surface area contributed by atoms with Crippen molar-refractivity contribution in [1.29, 1.82) is 0 Å². The molecule has 1 aromatic rings. The molecule has 0 heterocycles. The van der Waals surface area contributed by atoms with Crippen molar-refractivity contribution in [2.75, 3.05) is 0 Å². The van der Waals surface area contributed by atoms with Gasteiger partial charge in [0.2, 0.25) is 0 Å². The van der Waals surface area contributed by atoms with Crippen molar-refractivity contribution >= 4 is 0 Å². The van der Waals surface area contributed by atoms with Crippen molar-refractivity contribution in [3.8, 4) is 0 Å². The van der Waals surface area contributed by atoms with Crippen LogP contribution in [0.3, 0.4) is 0 Å². The van der Waals surface area contributed by atoms with Crippen molar-refractivity contribution in [2.24, 2.45) is 5.92 Å². The summed E-state index contributed by atoms with van der Waals surface area (Å²) in [5, 5.41) is 10.2. The minimum Gasteiger partial charge on any atom is -0.388 e. The van der Waals surface area contributed by atoms with Crippen molar-refractivity contribution in [1.82, 2.24) is 0 Å². The van der Waals surface area contributed by atoms with Crippen LogP contribution in [0.4, 0.5) is 13.2 Å². The number of rotatable bonds is 2. The van der Waals surface area contributed by atoms with E-state index in [4.69, 9.17) is 0 Å². The standard InChI is InChI=1S/C15H19F3O/c16-12-9-8-11(13(17)14(12)18)15(19)10-6-4-2-1-3-5-7-10/h8-10,15,19H,1-7H2. The first kappa shape index (κ1) is 14.4. The Balaban J connectivity index is 2.17. The van der Waals surface area contributed by atoms with Gasteiger partial charge in [-0.2, -0.15) is 0 Å². The van der Waals surface area contributed by atoms with Gasteiger partial charge in [-0.25, -0.2) is 13.2 Å². The number of benzene rings is 1. The molecule has 0 aromatic heterocycles. The summed E-state index contributed by atoms with van der Waals surface area (Å²) >= 11 is 0. The van der Waals surface area contributed by atoms with Gasteiger partial charge < -0.3 is 5.11 Å². The van der Waals surface area contributed by atoms with Crippen LogP contribution < -0.4 is 0 Å². The van der Waals surface area contributed by atoms with Crippen molar-refractivity contribution < 1.29 is 18.3 Å². The summed E-state index contributed by atoms with van der Waals surface area (Å²) in [4.78, 5) is 0. The van der Waals surface area contributed by atoms with Crippen LogP contribution in [-0.4, -0.2) is 5.11 Å². The highest BCUT2D eigenvalue weighted by Gasteiger charge is 2.26. The normalized spacial score (nSPS) is 19.8. The van der Waals surface area contributed by atoms with Gasteiger partial charge in [-0.15, -0.1) is 0 Å². The SMILES string of the molecule is OC(c1ccc(F)c(F)c1F)C1CCCCCCC1. The fourth-order valence-electron chi connectivity index (χ4n) is 2.83. The lowest BCUT2D eigenvalue weighted by molar-refractivity contribution is 0.0870. The quantitative estimate of drug-likeness (QED) is 0.786. The largest absolute Gasteiger partial charge is 0.388 e. The van der Waals surface area contributed by atoms with Crippen LogP contribution in [0.1, 0.15) is 56.6 Å². The molecule has 1 aliphatic carbocycles. The van der Waals surface area contributed by atoms with Gasteiger partial charge in [0.15, 0.2) is 17.5 Å². The van der Waals surface area contributed by atoms with Crippen molar-refractivity contribution in [3.63, 3.8) is 0 Å². The molecular weight excluding hydrogens is 253 g/mol. The van der Waals surface area contributed by atoms with Crippen LogP contribution in [-0.2, 0) is 0 Å². The Morgan fingerprint density at radius 3 is 2.11 bits per heavy atom. The molecule has 4 heteroatoms. The van der Waals surface area contributed by atoms with Crippen LogP contribution in [0.2, 0.25) is 0 Å². The highest BCUT2D eigenvalue weighted by molar-refractivity contribution is 5.23. The predicted octanol–water partition coefficient (Wildman–Crippen LogP) is 4.50. The first-order valence-electron chi connectivity index (χ1n) is 6.92. The van der Waals surface area contributed by atoms with E-state index in [0.29, 0.717) is 0 Å². The Morgan fingerprint density at radius 1 is 0.895 bits per heavy atom. The first-order chi connectivity index (χ1) is 9.11. The maximum atomic E-state index is 13.7. The summed E-state index contributed by atoms with van der Waals surface area (Å²) in [5.74, 6) is -4.04. The van der Waals surface area contributed by atoms with Gasteiger partial charge in [0.25, 0.3) is 0 Å². The summed E-state index contributed by atoms with van der Waals surface area (Å²) in [6.07, 6.45) is 5.97. The van der Waals surface area contributed by atoms with Crippen LogP contribution in [0.15, 0.2) is 12.1 Å². The third-order valence-electron chi connectivity index (χ3n) is 3.98. The highest BCUT2D eigenvalue weighted by Crippen LogP contribution is 2.34. The number of hydrogen-bond donors (Lipinski definition) is 1. The Bertz CT molecular complexity index is 426. The summed E-state index contributed by atoms with van der Waals surface area (Å²) in [6, 6.07) is 2.02. The topological polar surface area (TPSA) is 20.2 Å². The molecule has 1 aliphatic rings. The van der Waals surface area contributed by atoms with E-state index in [1.165, 1.54) is 6.42 Å². The average Bonchev–Trinajstić information content (AvgIpc) is 2.35. The highest BCUT2D eigenvalue weighted by atomic mass is 19.2. The molecule has 0 spiro atoms. The molecule has 0 radical (unpaired) electrons. The van der Waals surface area contributed by atoms with Gasteiger partial charge in [-0.1, -0.05) is 38.2 Å². The molecule has 1 N–H and O–H groups in total. The van der Waals surface area contributed by atoms with Crippen LogP contribution in [0.5, 0.6) is 0 Å². The zero-order chi connectivity index (χ0) is 13.8. The molecule has 0 bridgehead atoms. The minimum absolute atomic E-state index is 0.0698. The maximum Gasteiger partial charge on any atom is 0.194 e. The average molecular weight is 272 g/mol. The number of halogens is 3. The van der Waals surface area contributed by atoms with E-state index in [9.17, 15) is 18.3 Å². The molecule has 1 saturated carbocycles. The molecule has 0 saturated heterocycles. The van der Waals surface area contributed by atoms with Gasteiger partial charge in [0.05, 0.1) is 6.10 Å². The van der Waals surface area contributed by atoms with Gasteiger partial charge in [-0.3, -0.25) is 0 Å². The summed E-state index contributed by atoms with van der Waals surface area (Å²) < 4.78 is 39.8. The molecule has 2 rings (SSSR count). The number of aliphatic hydroxyl groups excluding tert-OH is 1. The Morgan fingerprint density at radius 2 is 1.47 bits per heavy atom. The van der Waals surface area contributed by atoms with E-state index in [2.05, 4.69) is 0 Å². The Hall–Kier alpha value is -1.03. The van der Waals surface area contributed by atoms with E-state index in [1.807, 2.05) is 0 Å². The lowest BCUT2D eigenvalue weighted by Gasteiger charge is -2.25.